The predicted octanol–water partition coefficient (Wildman–Crippen LogP) is 4.76. The van der Waals surface area contributed by atoms with E-state index in [2.05, 4.69) is 26.1 Å². The van der Waals surface area contributed by atoms with Gasteiger partial charge in [-0.15, -0.1) is 0 Å². The Hall–Kier alpha value is -0.0400. The van der Waals surface area contributed by atoms with Crippen LogP contribution in [0.3, 0.4) is 0 Å². The molecule has 0 heterocycles. The lowest BCUT2D eigenvalue weighted by Gasteiger charge is -2.26. The number of rotatable bonds is 4. The van der Waals surface area contributed by atoms with E-state index >= 15 is 0 Å². The smallest absolute Gasteiger partial charge is 0.00697 e. The zero-order chi connectivity index (χ0) is 13.0. The van der Waals surface area contributed by atoms with E-state index in [4.69, 9.17) is 0 Å². The number of hydrogen-bond donors (Lipinski definition) is 1. The third-order valence-electron chi connectivity index (χ3n) is 5.56. The minimum atomic E-state index is 0.758. The molecule has 2 saturated carbocycles. The molecule has 1 heteroatoms. The molecule has 0 amide bonds. The topological polar surface area (TPSA) is 12.0 Å². The molecule has 3 atom stereocenters. The van der Waals surface area contributed by atoms with Gasteiger partial charge in [0.05, 0.1) is 0 Å². The maximum absolute atomic E-state index is 3.96. The van der Waals surface area contributed by atoms with Crippen molar-refractivity contribution in [3.8, 4) is 0 Å². The van der Waals surface area contributed by atoms with Crippen LogP contribution in [0, 0.1) is 17.8 Å². The molecule has 2 rings (SSSR count). The highest BCUT2D eigenvalue weighted by atomic mass is 15.0. The third kappa shape index (κ3) is 3.98. The van der Waals surface area contributed by atoms with E-state index in [1.807, 2.05) is 0 Å². The molecule has 0 saturated heterocycles. The Morgan fingerprint density at radius 3 is 2.06 bits per heavy atom. The van der Waals surface area contributed by atoms with E-state index in [1.54, 1.807) is 0 Å². The van der Waals surface area contributed by atoms with Gasteiger partial charge >= 0.3 is 0 Å². The molecule has 0 aliphatic heterocycles. The highest BCUT2D eigenvalue weighted by molar-refractivity contribution is 4.83. The lowest BCUT2D eigenvalue weighted by molar-refractivity contribution is 0.311. The molecule has 2 aliphatic carbocycles. The van der Waals surface area contributed by atoms with Gasteiger partial charge in [0.25, 0.3) is 0 Å². The number of nitrogens with one attached hydrogen (secondary N) is 1. The monoisotopic (exact) mass is 251 g/mol. The van der Waals surface area contributed by atoms with Crippen molar-refractivity contribution in [2.45, 2.75) is 90.6 Å². The summed E-state index contributed by atoms with van der Waals surface area (Å²) in [6.07, 6.45) is 13.1. The minimum absolute atomic E-state index is 0.758. The van der Waals surface area contributed by atoms with Crippen molar-refractivity contribution in [1.82, 2.24) is 5.32 Å². The average Bonchev–Trinajstić information content (AvgIpc) is 2.77. The van der Waals surface area contributed by atoms with Gasteiger partial charge in [0.1, 0.15) is 0 Å². The van der Waals surface area contributed by atoms with Crippen LogP contribution >= 0.6 is 0 Å². The van der Waals surface area contributed by atoms with E-state index < -0.39 is 0 Å². The van der Waals surface area contributed by atoms with E-state index in [-0.39, 0.29) is 0 Å². The molecule has 0 radical (unpaired) electrons. The van der Waals surface area contributed by atoms with Gasteiger partial charge in [-0.2, -0.15) is 0 Å². The van der Waals surface area contributed by atoms with Gasteiger partial charge in [-0.05, 0) is 56.8 Å². The summed E-state index contributed by atoms with van der Waals surface area (Å²) in [5.74, 6) is 2.84. The van der Waals surface area contributed by atoms with Crippen molar-refractivity contribution in [1.29, 1.82) is 0 Å². The van der Waals surface area contributed by atoms with Crippen molar-refractivity contribution in [2.75, 3.05) is 0 Å². The van der Waals surface area contributed by atoms with Gasteiger partial charge in [-0.25, -0.2) is 0 Å². The van der Waals surface area contributed by atoms with Crippen LogP contribution in [-0.4, -0.2) is 12.1 Å². The second kappa shape index (κ2) is 6.93. The highest BCUT2D eigenvalue weighted by Gasteiger charge is 2.25. The van der Waals surface area contributed by atoms with Crippen molar-refractivity contribution in [2.24, 2.45) is 17.8 Å². The summed E-state index contributed by atoms with van der Waals surface area (Å²) in [4.78, 5) is 0. The first-order valence-electron chi connectivity index (χ1n) is 8.43. The summed E-state index contributed by atoms with van der Waals surface area (Å²) in [5.41, 5.74) is 0. The molecule has 2 aliphatic rings. The Labute approximate surface area is 114 Å². The Balaban J connectivity index is 1.75. The summed E-state index contributed by atoms with van der Waals surface area (Å²) in [5, 5.41) is 3.96. The first-order chi connectivity index (χ1) is 8.66. The second-order valence-corrected chi connectivity index (χ2v) is 7.21. The molecule has 0 aromatic rings. The highest BCUT2D eigenvalue weighted by Crippen LogP contribution is 2.31. The Bertz CT molecular complexity index is 230. The SMILES string of the molecule is CC(C)C1CCCC(N[C@H](C)C2CCCC2)CC1. The molecule has 1 nitrogen and oxygen atoms in total. The van der Waals surface area contributed by atoms with Crippen molar-refractivity contribution >= 4 is 0 Å². The van der Waals surface area contributed by atoms with E-state index in [1.165, 1.54) is 57.8 Å². The summed E-state index contributed by atoms with van der Waals surface area (Å²) < 4.78 is 0. The number of hydrogen-bond acceptors (Lipinski definition) is 1. The van der Waals surface area contributed by atoms with Crippen molar-refractivity contribution in [3.63, 3.8) is 0 Å². The standard InChI is InChI=1S/C17H33N/c1-13(2)15-9-6-10-17(12-11-15)18-14(3)16-7-4-5-8-16/h13-18H,4-12H2,1-3H3/t14-,15?,17?/m1/s1. The van der Waals surface area contributed by atoms with E-state index in [0.717, 1.165) is 29.8 Å². The van der Waals surface area contributed by atoms with Gasteiger partial charge in [0, 0.05) is 12.1 Å². The molecule has 0 aromatic carbocycles. The zero-order valence-corrected chi connectivity index (χ0v) is 12.8. The molecular weight excluding hydrogens is 218 g/mol. The Morgan fingerprint density at radius 1 is 0.722 bits per heavy atom. The molecule has 2 fully saturated rings. The maximum Gasteiger partial charge on any atom is 0.00697 e. The molecule has 2 unspecified atom stereocenters. The average molecular weight is 251 g/mol. The summed E-state index contributed by atoms with van der Waals surface area (Å²) in [6.45, 7) is 7.24. The van der Waals surface area contributed by atoms with Crippen LogP contribution in [0.25, 0.3) is 0 Å². The second-order valence-electron chi connectivity index (χ2n) is 7.21. The van der Waals surface area contributed by atoms with Gasteiger partial charge < -0.3 is 5.32 Å². The fourth-order valence-electron chi connectivity index (χ4n) is 4.13. The fraction of sp³-hybridized carbons (Fsp3) is 1.00. The first kappa shape index (κ1) is 14.4. The van der Waals surface area contributed by atoms with E-state index in [9.17, 15) is 0 Å². The van der Waals surface area contributed by atoms with Gasteiger partial charge in [0.15, 0.2) is 0 Å². The van der Waals surface area contributed by atoms with Crippen LogP contribution in [0.4, 0.5) is 0 Å². The molecule has 1 N–H and O–H groups in total. The lowest BCUT2D eigenvalue weighted by Crippen LogP contribution is -2.40. The molecule has 0 aromatic heterocycles. The normalized spacial score (nSPS) is 32.7. The first-order valence-corrected chi connectivity index (χ1v) is 8.43. The minimum Gasteiger partial charge on any atom is -0.311 e. The van der Waals surface area contributed by atoms with Crippen molar-refractivity contribution < 1.29 is 0 Å². The van der Waals surface area contributed by atoms with Crippen LogP contribution in [0.1, 0.15) is 78.6 Å². The lowest BCUT2D eigenvalue weighted by atomic mass is 9.89. The van der Waals surface area contributed by atoms with E-state index in [0.29, 0.717) is 0 Å². The Kier molecular flexibility index (Phi) is 5.54. The molecule has 106 valence electrons. The van der Waals surface area contributed by atoms with Gasteiger partial charge in [-0.1, -0.05) is 39.5 Å². The molecular formula is C17H33N. The summed E-state index contributed by atoms with van der Waals surface area (Å²) >= 11 is 0. The van der Waals surface area contributed by atoms with Crippen LogP contribution < -0.4 is 5.32 Å². The summed E-state index contributed by atoms with van der Waals surface area (Å²) in [7, 11) is 0. The van der Waals surface area contributed by atoms with Crippen LogP contribution in [-0.2, 0) is 0 Å². The molecule has 0 spiro atoms. The van der Waals surface area contributed by atoms with Gasteiger partial charge in [-0.3, -0.25) is 0 Å². The fourth-order valence-corrected chi connectivity index (χ4v) is 4.13. The molecule has 18 heavy (non-hydrogen) atoms. The Morgan fingerprint density at radius 2 is 1.39 bits per heavy atom. The third-order valence-corrected chi connectivity index (χ3v) is 5.56. The van der Waals surface area contributed by atoms with Crippen LogP contribution in [0.2, 0.25) is 0 Å². The largest absolute Gasteiger partial charge is 0.311 e. The van der Waals surface area contributed by atoms with Crippen LogP contribution in [0.5, 0.6) is 0 Å². The predicted molar refractivity (Wildman–Crippen MR) is 79.8 cm³/mol. The van der Waals surface area contributed by atoms with Crippen LogP contribution in [0.15, 0.2) is 0 Å². The van der Waals surface area contributed by atoms with Gasteiger partial charge in [0.2, 0.25) is 0 Å². The quantitative estimate of drug-likeness (QED) is 0.710. The maximum atomic E-state index is 3.96. The summed E-state index contributed by atoms with van der Waals surface area (Å²) in [6, 6.07) is 1.57. The molecule has 0 bridgehead atoms. The van der Waals surface area contributed by atoms with Crippen molar-refractivity contribution in [3.05, 3.63) is 0 Å². The zero-order valence-electron chi connectivity index (χ0n) is 12.8.